The molecule has 0 rings (SSSR count). The lowest BCUT2D eigenvalue weighted by molar-refractivity contribution is -0.870. The number of quaternary nitrogens is 1. The first-order chi connectivity index (χ1) is 33.6. The SMILES string of the molecule is CC/C=C\C/C=C\C/C=C\C/C=C\C/C=C\C/C=C\C/C=C\CCCC(=O)OC(COC(=O)CCCCCCCCCCC/C=C\C/C=C\CCCCCCC)COC(OCC[N+](C)(C)C)C(=O)O. The summed E-state index contributed by atoms with van der Waals surface area (Å²) in [5, 5.41) is 9.68. The van der Waals surface area contributed by atoms with E-state index in [4.69, 9.17) is 18.9 Å². The number of ether oxygens (including phenoxy) is 4. The number of aliphatic carboxylic acids is 1. The fourth-order valence-electron chi connectivity index (χ4n) is 6.85. The summed E-state index contributed by atoms with van der Waals surface area (Å²) in [5.74, 6) is -2.11. The molecule has 0 saturated carbocycles. The summed E-state index contributed by atoms with van der Waals surface area (Å²) in [6.45, 7) is 4.66. The zero-order valence-electron chi connectivity index (χ0n) is 44.4. The van der Waals surface area contributed by atoms with E-state index in [0.29, 0.717) is 23.9 Å². The predicted molar refractivity (Wildman–Crippen MR) is 290 cm³/mol. The highest BCUT2D eigenvalue weighted by molar-refractivity contribution is 5.71. The van der Waals surface area contributed by atoms with Gasteiger partial charge >= 0.3 is 17.9 Å². The lowest BCUT2D eigenvalue weighted by Crippen LogP contribution is -2.40. The van der Waals surface area contributed by atoms with Gasteiger partial charge in [-0.25, -0.2) is 4.79 Å². The van der Waals surface area contributed by atoms with Crippen LogP contribution in [0.2, 0.25) is 0 Å². The van der Waals surface area contributed by atoms with Gasteiger partial charge < -0.3 is 28.5 Å². The Bertz CT molecular complexity index is 1490. The molecule has 0 heterocycles. The molecule has 0 aromatic carbocycles. The molecule has 0 fully saturated rings. The Hall–Kier alpha value is -4.05. The summed E-state index contributed by atoms with van der Waals surface area (Å²) in [5.41, 5.74) is 0. The van der Waals surface area contributed by atoms with Crippen LogP contribution in [0.3, 0.4) is 0 Å². The molecule has 0 amide bonds. The van der Waals surface area contributed by atoms with Gasteiger partial charge in [-0.15, -0.1) is 0 Å². The average molecular weight is 963 g/mol. The van der Waals surface area contributed by atoms with Crippen LogP contribution in [-0.2, 0) is 33.3 Å². The first-order valence-corrected chi connectivity index (χ1v) is 27.1. The van der Waals surface area contributed by atoms with Gasteiger partial charge in [0.25, 0.3) is 6.29 Å². The summed E-state index contributed by atoms with van der Waals surface area (Å²) in [4.78, 5) is 37.3. The summed E-state index contributed by atoms with van der Waals surface area (Å²) in [6.07, 6.45) is 65.9. The van der Waals surface area contributed by atoms with Gasteiger partial charge in [0.2, 0.25) is 0 Å². The number of carbonyl (C=O) groups excluding carboxylic acids is 2. The van der Waals surface area contributed by atoms with Crippen molar-refractivity contribution in [2.75, 3.05) is 47.5 Å². The quantitative estimate of drug-likeness (QED) is 0.0211. The molecule has 0 spiro atoms. The second kappa shape index (κ2) is 50.3. The Kier molecular flexibility index (Phi) is 47.4. The molecular formula is C60H100NO8+. The fourth-order valence-corrected chi connectivity index (χ4v) is 6.85. The van der Waals surface area contributed by atoms with E-state index in [-0.39, 0.29) is 38.6 Å². The number of carboxylic acids is 1. The van der Waals surface area contributed by atoms with Crippen molar-refractivity contribution in [3.8, 4) is 0 Å². The number of carboxylic acid groups (broad SMARTS) is 1. The van der Waals surface area contributed by atoms with E-state index < -0.39 is 24.3 Å². The Balaban J connectivity index is 4.45. The van der Waals surface area contributed by atoms with Crippen LogP contribution in [-0.4, -0.2) is 87.4 Å². The van der Waals surface area contributed by atoms with Crippen molar-refractivity contribution in [2.45, 2.75) is 206 Å². The van der Waals surface area contributed by atoms with Gasteiger partial charge in [0, 0.05) is 12.8 Å². The number of hydrogen-bond donors (Lipinski definition) is 1. The molecule has 0 aliphatic carbocycles. The van der Waals surface area contributed by atoms with Crippen molar-refractivity contribution in [1.82, 2.24) is 0 Å². The summed E-state index contributed by atoms with van der Waals surface area (Å²) >= 11 is 0. The van der Waals surface area contributed by atoms with Crippen LogP contribution in [0.4, 0.5) is 0 Å². The maximum atomic E-state index is 12.8. The molecule has 1 N–H and O–H groups in total. The van der Waals surface area contributed by atoms with Gasteiger partial charge in [0.15, 0.2) is 6.10 Å². The van der Waals surface area contributed by atoms with E-state index in [2.05, 4.69) is 123 Å². The topological polar surface area (TPSA) is 108 Å². The number of rotatable bonds is 48. The number of allylic oxidation sites excluding steroid dienone is 18. The van der Waals surface area contributed by atoms with Crippen LogP contribution in [0.25, 0.3) is 0 Å². The van der Waals surface area contributed by atoms with Gasteiger partial charge in [0.05, 0.1) is 34.4 Å². The second-order valence-corrected chi connectivity index (χ2v) is 18.8. The van der Waals surface area contributed by atoms with Crippen LogP contribution in [0, 0.1) is 0 Å². The van der Waals surface area contributed by atoms with Crippen LogP contribution in [0.15, 0.2) is 109 Å². The van der Waals surface area contributed by atoms with Gasteiger partial charge in [-0.05, 0) is 96.3 Å². The minimum absolute atomic E-state index is 0.170. The van der Waals surface area contributed by atoms with Gasteiger partial charge in [-0.3, -0.25) is 9.59 Å². The zero-order chi connectivity index (χ0) is 50.6. The average Bonchev–Trinajstić information content (AvgIpc) is 3.31. The molecule has 0 bridgehead atoms. The minimum Gasteiger partial charge on any atom is -0.477 e. The molecule has 2 atom stereocenters. The highest BCUT2D eigenvalue weighted by Crippen LogP contribution is 2.13. The molecule has 9 nitrogen and oxygen atoms in total. The molecule has 9 heteroatoms. The highest BCUT2D eigenvalue weighted by atomic mass is 16.7. The van der Waals surface area contributed by atoms with Crippen molar-refractivity contribution in [1.29, 1.82) is 0 Å². The van der Waals surface area contributed by atoms with Crippen molar-refractivity contribution in [3.05, 3.63) is 109 Å². The number of hydrogen-bond acceptors (Lipinski definition) is 7. The highest BCUT2D eigenvalue weighted by Gasteiger charge is 2.25. The Morgan fingerprint density at radius 1 is 0.449 bits per heavy atom. The molecule has 0 aromatic rings. The van der Waals surface area contributed by atoms with E-state index >= 15 is 0 Å². The van der Waals surface area contributed by atoms with E-state index in [1.165, 1.54) is 70.6 Å². The van der Waals surface area contributed by atoms with E-state index in [1.807, 2.05) is 21.1 Å². The molecule has 0 aromatic heterocycles. The number of nitrogens with zero attached hydrogens (tertiary/aromatic N) is 1. The normalized spacial score (nSPS) is 13.7. The Morgan fingerprint density at radius 2 is 0.841 bits per heavy atom. The first kappa shape index (κ1) is 65.0. The fraction of sp³-hybridized carbons (Fsp3) is 0.650. The lowest BCUT2D eigenvalue weighted by Gasteiger charge is -2.25. The molecule has 0 radical (unpaired) electrons. The van der Waals surface area contributed by atoms with Crippen molar-refractivity contribution in [2.24, 2.45) is 0 Å². The molecule has 2 unspecified atom stereocenters. The Labute approximate surface area is 422 Å². The maximum Gasteiger partial charge on any atom is 0.361 e. The molecule has 69 heavy (non-hydrogen) atoms. The third kappa shape index (κ3) is 51.6. The number of likely N-dealkylation sites (N-methyl/N-ethyl adjacent to an activating group) is 1. The third-order valence-corrected chi connectivity index (χ3v) is 11.0. The molecule has 392 valence electrons. The van der Waals surface area contributed by atoms with E-state index in [9.17, 15) is 19.5 Å². The van der Waals surface area contributed by atoms with E-state index in [0.717, 1.165) is 83.5 Å². The summed E-state index contributed by atoms with van der Waals surface area (Å²) in [6, 6.07) is 0. The first-order valence-electron chi connectivity index (χ1n) is 27.1. The van der Waals surface area contributed by atoms with Crippen LogP contribution in [0.5, 0.6) is 0 Å². The Morgan fingerprint density at radius 3 is 1.28 bits per heavy atom. The summed E-state index contributed by atoms with van der Waals surface area (Å²) in [7, 11) is 5.93. The smallest absolute Gasteiger partial charge is 0.361 e. The van der Waals surface area contributed by atoms with Crippen molar-refractivity contribution >= 4 is 17.9 Å². The zero-order valence-corrected chi connectivity index (χ0v) is 44.4. The lowest BCUT2D eigenvalue weighted by atomic mass is 10.1. The standard InChI is InChI=1S/C60H99NO8/c1-6-8-10-12-14-16-18-20-22-24-26-28-29-31-33-35-37-39-41-43-45-47-49-51-58(63)69-56(55-68-60(59(64)65)66-53-52-61(3,4)5)54-67-57(62)50-48-46-44-42-40-38-36-34-32-30-27-25-23-21-19-17-15-13-11-9-7-2/h8,10,14,16,19-22,25-28,31,33,37,39,43,45,56,60H,6-7,9,11-13,15,17-18,23-24,29-30,32,34-36,38,40-42,44,46-55H2,1-5H3/p+1/b10-8-,16-14-,21-19-,22-20-,27-25-,28-26-,33-31-,39-37-,45-43-. The third-order valence-electron chi connectivity index (χ3n) is 11.0. The minimum atomic E-state index is -1.53. The van der Waals surface area contributed by atoms with Crippen molar-refractivity contribution < 1.29 is 42.9 Å². The van der Waals surface area contributed by atoms with Crippen LogP contribution in [0.1, 0.15) is 194 Å². The molecular weight excluding hydrogens is 863 g/mol. The molecule has 0 saturated heterocycles. The number of carbonyl (C=O) groups is 3. The van der Waals surface area contributed by atoms with Crippen LogP contribution < -0.4 is 0 Å². The molecule has 0 aliphatic rings. The monoisotopic (exact) mass is 963 g/mol. The van der Waals surface area contributed by atoms with Gasteiger partial charge in [-0.1, -0.05) is 194 Å². The predicted octanol–water partition coefficient (Wildman–Crippen LogP) is 15.6. The van der Waals surface area contributed by atoms with Crippen LogP contribution >= 0.6 is 0 Å². The summed E-state index contributed by atoms with van der Waals surface area (Å²) < 4.78 is 22.8. The van der Waals surface area contributed by atoms with Crippen molar-refractivity contribution in [3.63, 3.8) is 0 Å². The van der Waals surface area contributed by atoms with Gasteiger partial charge in [-0.2, -0.15) is 0 Å². The maximum absolute atomic E-state index is 12.8. The number of unbranched alkanes of at least 4 members (excludes halogenated alkanes) is 15. The van der Waals surface area contributed by atoms with E-state index in [1.54, 1.807) is 0 Å². The second-order valence-electron chi connectivity index (χ2n) is 18.8. The number of esters is 2. The molecule has 0 aliphatic heterocycles. The van der Waals surface area contributed by atoms with Gasteiger partial charge in [0.1, 0.15) is 13.2 Å². The largest absolute Gasteiger partial charge is 0.477 e.